The van der Waals surface area contributed by atoms with Crippen molar-refractivity contribution in [2.24, 2.45) is 0 Å². The minimum absolute atomic E-state index is 0.0213. The lowest BCUT2D eigenvalue weighted by molar-refractivity contribution is -0.163. The van der Waals surface area contributed by atoms with Crippen molar-refractivity contribution in [3.05, 3.63) is 22.7 Å². The van der Waals surface area contributed by atoms with Gasteiger partial charge in [-0.25, -0.2) is 9.59 Å². The quantitative estimate of drug-likeness (QED) is 0.244. The minimum Gasteiger partial charge on any atom is -0.772 e. The molecule has 198 valence electrons. The highest BCUT2D eigenvalue weighted by Crippen LogP contribution is 2.36. The fourth-order valence-electron chi connectivity index (χ4n) is 4.16. The van der Waals surface area contributed by atoms with Gasteiger partial charge in [-0.3, -0.25) is 13.8 Å². The van der Waals surface area contributed by atoms with Crippen molar-refractivity contribution in [1.82, 2.24) is 14.7 Å². The smallest absolute Gasteiger partial charge is 0.409 e. The number of ether oxygens (including phenoxy) is 1. The van der Waals surface area contributed by atoms with Crippen LogP contribution in [0.3, 0.4) is 0 Å². The molecule has 2 aliphatic rings. The monoisotopic (exact) mass is 546 g/mol. The first-order valence-electron chi connectivity index (χ1n) is 10.8. The third-order valence-electron chi connectivity index (χ3n) is 6.34. The van der Waals surface area contributed by atoms with Crippen LogP contribution in [-0.4, -0.2) is 112 Å². The highest BCUT2D eigenvalue weighted by molar-refractivity contribution is 7.80. The number of halogens is 1. The lowest BCUT2D eigenvalue weighted by Gasteiger charge is -2.49. The largest absolute Gasteiger partial charge is 0.772 e. The first kappa shape index (κ1) is 27.5. The average molecular weight is 547 g/mol. The molecule has 3 amide bonds. The molecule has 15 heteroatoms. The molecule has 2 saturated heterocycles. The molecule has 2 heterocycles. The molecule has 0 aromatic heterocycles. The number of aliphatic carboxylic acids is 1. The Labute approximate surface area is 213 Å². The second-order valence-electron chi connectivity index (χ2n) is 8.77. The number of hydrogen-bond acceptors (Lipinski definition) is 9. The average Bonchev–Trinajstić information content (AvgIpc) is 2.83. The van der Waals surface area contributed by atoms with E-state index in [0.717, 1.165) is 17.9 Å². The second kappa shape index (κ2) is 10.5. The van der Waals surface area contributed by atoms with Crippen molar-refractivity contribution in [3.8, 4) is 11.5 Å². The normalized spacial score (nSPS) is 21.3. The van der Waals surface area contributed by atoms with Crippen LogP contribution in [0.4, 0.5) is 4.79 Å². The molecular weight excluding hydrogens is 522 g/mol. The predicted octanol–water partition coefficient (Wildman–Crippen LogP) is 0.357. The number of piperazine rings is 1. The summed E-state index contributed by atoms with van der Waals surface area (Å²) >= 11 is 2.92. The van der Waals surface area contributed by atoms with E-state index in [4.69, 9.17) is 16.3 Å². The predicted molar refractivity (Wildman–Crippen MR) is 123 cm³/mol. The van der Waals surface area contributed by atoms with Crippen LogP contribution in [0, 0.1) is 0 Å². The van der Waals surface area contributed by atoms with Gasteiger partial charge in [-0.05, 0) is 37.1 Å². The van der Waals surface area contributed by atoms with Gasteiger partial charge in [0.25, 0.3) is 5.91 Å². The second-order valence-corrected chi connectivity index (χ2v) is 10.6. The number of phenolic OH excluding ortho intramolecular Hbond substituents is 2. The molecule has 1 aromatic carbocycles. The molecule has 4 atom stereocenters. The number of phenols is 2. The number of carboxylic acids is 1. The highest BCUT2D eigenvalue weighted by atomic mass is 35.5. The summed E-state index contributed by atoms with van der Waals surface area (Å²) in [6.45, 7) is 2.04. The number of amides is 3. The van der Waals surface area contributed by atoms with Gasteiger partial charge < -0.3 is 39.3 Å². The third kappa shape index (κ3) is 5.06. The first-order valence-corrected chi connectivity index (χ1v) is 12.3. The molecule has 0 aliphatic carbocycles. The number of carboxylic acid groups (broad SMARTS) is 1. The molecule has 3 N–H and O–H groups in total. The fraction of sp³-hybridized carbons (Fsp3) is 0.524. The number of hydrogen-bond donors (Lipinski definition) is 3. The number of benzene rings is 1. The number of nitrogens with zero attached hydrogens (tertiary/aromatic N) is 3. The van der Waals surface area contributed by atoms with Crippen LogP contribution in [0.2, 0.25) is 5.02 Å². The summed E-state index contributed by atoms with van der Waals surface area (Å²) in [5.74, 6) is -3.69. The van der Waals surface area contributed by atoms with Gasteiger partial charge in [-0.1, -0.05) is 11.6 Å². The summed E-state index contributed by atoms with van der Waals surface area (Å²) < 4.78 is 27.1. The van der Waals surface area contributed by atoms with Crippen LogP contribution in [0.25, 0.3) is 0 Å². The zero-order valence-electron chi connectivity index (χ0n) is 19.4. The van der Waals surface area contributed by atoms with E-state index >= 15 is 0 Å². The van der Waals surface area contributed by atoms with Crippen LogP contribution < -0.4 is 0 Å². The van der Waals surface area contributed by atoms with E-state index in [1.807, 2.05) is 0 Å². The van der Waals surface area contributed by atoms with Crippen molar-refractivity contribution in [3.63, 3.8) is 0 Å². The number of carbonyl (C=O) groups is 4. The van der Waals surface area contributed by atoms with E-state index in [1.54, 1.807) is 6.92 Å². The minimum atomic E-state index is -3.02. The van der Waals surface area contributed by atoms with Gasteiger partial charge in [0.05, 0.1) is 15.3 Å². The standard InChI is InChI=1S/C21H26ClN3O10S/c1-11-9-14(27)25(11)17(19(30)31)21(2,36(33)34)10-35-20(32)24-7-5-23(6-8-24)18(29)12-3-4-13(26)16(28)15(12)22/h3-4,11,17,26,28H,5-10H2,1-2H3,(H,30,31)(H,33,34)/p-1/t11-,17+,21+/m1/s1. The molecule has 2 aliphatic heterocycles. The summed E-state index contributed by atoms with van der Waals surface area (Å²) in [7, 11) is 0. The lowest BCUT2D eigenvalue weighted by atomic mass is 9.92. The van der Waals surface area contributed by atoms with E-state index in [9.17, 15) is 43.3 Å². The van der Waals surface area contributed by atoms with Crippen LogP contribution >= 0.6 is 11.6 Å². The molecule has 1 aromatic rings. The van der Waals surface area contributed by atoms with E-state index in [0.29, 0.717) is 0 Å². The van der Waals surface area contributed by atoms with Gasteiger partial charge >= 0.3 is 12.1 Å². The van der Waals surface area contributed by atoms with Crippen molar-refractivity contribution in [2.45, 2.75) is 37.1 Å². The molecule has 1 unspecified atom stereocenters. The topological polar surface area (TPSA) is 188 Å². The van der Waals surface area contributed by atoms with Crippen LogP contribution in [0.15, 0.2) is 12.1 Å². The van der Waals surface area contributed by atoms with Gasteiger partial charge in [0, 0.05) is 38.6 Å². The Bertz CT molecular complexity index is 1110. The summed E-state index contributed by atoms with van der Waals surface area (Å²) in [5.41, 5.74) is -0.0360. The first-order chi connectivity index (χ1) is 16.8. The number of rotatable bonds is 7. The maximum atomic E-state index is 12.7. The molecule has 0 spiro atoms. The van der Waals surface area contributed by atoms with Gasteiger partial charge in [0.1, 0.15) is 12.6 Å². The Hall–Kier alpha value is -3.10. The molecular formula is C21H25ClN3O10S-. The van der Waals surface area contributed by atoms with E-state index in [2.05, 4.69) is 0 Å². The lowest BCUT2D eigenvalue weighted by Crippen LogP contribution is -2.68. The Morgan fingerprint density at radius 1 is 1.22 bits per heavy atom. The van der Waals surface area contributed by atoms with Crippen LogP contribution in [0.1, 0.15) is 30.6 Å². The van der Waals surface area contributed by atoms with Gasteiger partial charge in [-0.2, -0.15) is 0 Å². The van der Waals surface area contributed by atoms with Crippen LogP contribution in [0.5, 0.6) is 11.5 Å². The zero-order valence-corrected chi connectivity index (χ0v) is 21.0. The molecule has 2 fully saturated rings. The summed E-state index contributed by atoms with van der Waals surface area (Å²) in [6.07, 6.45) is -0.824. The Morgan fingerprint density at radius 2 is 1.81 bits per heavy atom. The van der Waals surface area contributed by atoms with E-state index in [1.165, 1.54) is 15.9 Å². The number of β-lactam (4-membered cyclic amide) rings is 1. The van der Waals surface area contributed by atoms with Crippen molar-refractivity contribution in [1.29, 1.82) is 0 Å². The maximum absolute atomic E-state index is 12.7. The van der Waals surface area contributed by atoms with Gasteiger partial charge in [0.2, 0.25) is 5.91 Å². The van der Waals surface area contributed by atoms with E-state index in [-0.39, 0.29) is 43.2 Å². The van der Waals surface area contributed by atoms with E-state index < -0.39 is 69.9 Å². The maximum Gasteiger partial charge on any atom is 0.409 e. The Morgan fingerprint density at radius 3 is 2.31 bits per heavy atom. The Kier molecular flexibility index (Phi) is 8.00. The van der Waals surface area contributed by atoms with Gasteiger partial charge in [-0.15, -0.1) is 0 Å². The number of likely N-dealkylation sites (tertiary alicyclic amines) is 1. The van der Waals surface area contributed by atoms with Crippen LogP contribution in [-0.2, 0) is 25.4 Å². The summed E-state index contributed by atoms with van der Waals surface area (Å²) in [5, 5.41) is 28.6. The summed E-state index contributed by atoms with van der Waals surface area (Å²) in [4.78, 5) is 52.8. The molecule has 0 saturated carbocycles. The SMILES string of the molecule is C[C@@H]1CC(=O)N1[C@@H](C(=O)O)[C@](C)(COC(=O)N1CCN(C(=O)c2ccc(O)c(O)c2Cl)CC1)S(=O)[O-]. The van der Waals surface area contributed by atoms with Gasteiger partial charge in [0.15, 0.2) is 11.5 Å². The fourth-order valence-corrected chi connectivity index (χ4v) is 4.95. The molecule has 0 radical (unpaired) electrons. The zero-order chi connectivity index (χ0) is 26.9. The Balaban J connectivity index is 1.63. The van der Waals surface area contributed by atoms with Crippen molar-refractivity contribution < 1.29 is 48.0 Å². The van der Waals surface area contributed by atoms with Crippen molar-refractivity contribution >= 4 is 46.6 Å². The molecule has 3 rings (SSSR count). The highest BCUT2D eigenvalue weighted by Gasteiger charge is 2.52. The summed E-state index contributed by atoms with van der Waals surface area (Å²) in [6, 6.07) is 0.151. The third-order valence-corrected chi connectivity index (χ3v) is 7.82. The number of carbonyl (C=O) groups excluding carboxylic acids is 3. The number of aromatic hydroxyl groups is 2. The molecule has 36 heavy (non-hydrogen) atoms. The van der Waals surface area contributed by atoms with Crippen molar-refractivity contribution in [2.75, 3.05) is 32.8 Å². The molecule has 13 nitrogen and oxygen atoms in total. The molecule has 0 bridgehead atoms.